The molecule has 0 aliphatic carbocycles. The fourth-order valence-corrected chi connectivity index (χ4v) is 2.16. The summed E-state index contributed by atoms with van der Waals surface area (Å²) < 4.78 is 1.60. The Balaban J connectivity index is 2.49. The van der Waals surface area contributed by atoms with Gasteiger partial charge in [-0.1, -0.05) is 32.9 Å². The average molecular weight is 270 g/mol. The molecule has 0 saturated carbocycles. The number of hydrogen-bond donors (Lipinski definition) is 1. The molecule has 1 N–H and O–H groups in total. The van der Waals surface area contributed by atoms with Crippen molar-refractivity contribution in [2.75, 3.05) is 0 Å². The molecule has 0 aliphatic rings. The van der Waals surface area contributed by atoms with Crippen molar-refractivity contribution in [3.05, 3.63) is 48.0 Å². The van der Waals surface area contributed by atoms with E-state index in [1.165, 1.54) is 6.33 Å². The maximum Gasteiger partial charge on any atom is 0.137 e. The van der Waals surface area contributed by atoms with Crippen molar-refractivity contribution in [3.63, 3.8) is 0 Å². The van der Waals surface area contributed by atoms with Crippen molar-refractivity contribution in [2.24, 2.45) is 5.41 Å². The first-order valence-electron chi connectivity index (χ1n) is 6.42. The van der Waals surface area contributed by atoms with Gasteiger partial charge < -0.3 is 5.11 Å². The normalized spacial score (nSPS) is 14.6. The van der Waals surface area contributed by atoms with Crippen LogP contribution in [0.1, 0.15) is 31.9 Å². The van der Waals surface area contributed by atoms with Gasteiger partial charge in [0.05, 0.1) is 18.2 Å². The van der Waals surface area contributed by atoms with Gasteiger partial charge in [-0.25, -0.2) is 9.67 Å². The second-order valence-corrected chi connectivity index (χ2v) is 5.90. The van der Waals surface area contributed by atoms with E-state index in [1.807, 2.05) is 26.8 Å². The lowest BCUT2D eigenvalue weighted by Crippen LogP contribution is -2.44. The lowest BCUT2D eigenvalue weighted by molar-refractivity contribution is -0.0804. The quantitative estimate of drug-likeness (QED) is 0.926. The molecule has 1 aromatic heterocycles. The van der Waals surface area contributed by atoms with E-state index in [2.05, 4.69) is 16.2 Å². The Morgan fingerprint density at radius 2 is 2.10 bits per heavy atom. The van der Waals surface area contributed by atoms with Crippen LogP contribution in [0.25, 0.3) is 0 Å². The van der Waals surface area contributed by atoms with Crippen molar-refractivity contribution in [2.45, 2.75) is 32.9 Å². The van der Waals surface area contributed by atoms with Gasteiger partial charge in [-0.3, -0.25) is 0 Å². The maximum absolute atomic E-state index is 11.2. The molecule has 0 bridgehead atoms. The molecule has 1 unspecified atom stereocenters. The lowest BCUT2D eigenvalue weighted by Gasteiger charge is -2.40. The SMILES string of the molecule is CC(C)(C)C(O)(Cn1cncn1)c1cccc(C#N)c1. The molecule has 1 aromatic carbocycles. The van der Waals surface area contributed by atoms with Crippen LogP contribution in [-0.4, -0.2) is 19.9 Å². The number of rotatable bonds is 3. The van der Waals surface area contributed by atoms with Crippen LogP contribution >= 0.6 is 0 Å². The molecule has 0 amide bonds. The molecular formula is C15H18N4O. The summed E-state index contributed by atoms with van der Waals surface area (Å²) in [6, 6.07) is 9.17. The predicted octanol–water partition coefficient (Wildman–Crippen LogP) is 2.08. The van der Waals surface area contributed by atoms with E-state index in [1.54, 1.807) is 29.2 Å². The van der Waals surface area contributed by atoms with Crippen LogP contribution < -0.4 is 0 Å². The molecule has 1 heterocycles. The van der Waals surface area contributed by atoms with Crippen molar-refractivity contribution < 1.29 is 5.11 Å². The van der Waals surface area contributed by atoms with Crippen LogP contribution in [0.4, 0.5) is 0 Å². The molecule has 0 aliphatic heterocycles. The third-order valence-corrected chi connectivity index (χ3v) is 3.57. The molecule has 104 valence electrons. The van der Waals surface area contributed by atoms with Crippen LogP contribution in [0, 0.1) is 16.7 Å². The van der Waals surface area contributed by atoms with Crippen LogP contribution in [0.3, 0.4) is 0 Å². The maximum atomic E-state index is 11.2. The zero-order chi connectivity index (χ0) is 14.8. The standard InChI is InChI=1S/C15H18N4O/c1-14(2,3)15(20,9-19-11-17-10-18-19)13-6-4-5-12(7-13)8-16/h4-7,10-11,20H,9H2,1-3H3. The zero-order valence-electron chi connectivity index (χ0n) is 11.9. The Hall–Kier alpha value is -2.19. The molecular weight excluding hydrogens is 252 g/mol. The first-order valence-corrected chi connectivity index (χ1v) is 6.42. The third kappa shape index (κ3) is 2.56. The minimum atomic E-state index is -1.15. The average Bonchev–Trinajstić information content (AvgIpc) is 2.90. The van der Waals surface area contributed by atoms with Crippen molar-refractivity contribution >= 4 is 0 Å². The Bertz CT molecular complexity index is 622. The summed E-state index contributed by atoms with van der Waals surface area (Å²) in [4.78, 5) is 3.90. The predicted molar refractivity (Wildman–Crippen MR) is 74.5 cm³/mol. The molecule has 0 radical (unpaired) electrons. The van der Waals surface area contributed by atoms with Gasteiger partial charge in [-0.05, 0) is 23.1 Å². The summed E-state index contributed by atoms with van der Waals surface area (Å²) >= 11 is 0. The Morgan fingerprint density at radius 3 is 2.65 bits per heavy atom. The van der Waals surface area contributed by atoms with Gasteiger partial charge in [0.2, 0.25) is 0 Å². The first-order chi connectivity index (χ1) is 9.37. The van der Waals surface area contributed by atoms with E-state index >= 15 is 0 Å². The van der Waals surface area contributed by atoms with Gasteiger partial charge >= 0.3 is 0 Å². The van der Waals surface area contributed by atoms with Crippen LogP contribution in [0.2, 0.25) is 0 Å². The molecule has 0 fully saturated rings. The van der Waals surface area contributed by atoms with Crippen LogP contribution in [-0.2, 0) is 12.1 Å². The zero-order valence-corrected chi connectivity index (χ0v) is 11.9. The van der Waals surface area contributed by atoms with Crippen LogP contribution in [0.15, 0.2) is 36.9 Å². The first kappa shape index (κ1) is 14.2. The number of nitriles is 1. The van der Waals surface area contributed by atoms with E-state index in [0.29, 0.717) is 11.1 Å². The number of benzene rings is 1. The Labute approximate surface area is 118 Å². The molecule has 5 heteroatoms. The molecule has 1 atom stereocenters. The largest absolute Gasteiger partial charge is 0.383 e. The summed E-state index contributed by atoms with van der Waals surface area (Å²) in [5.74, 6) is 0. The van der Waals surface area contributed by atoms with Crippen molar-refractivity contribution in [1.29, 1.82) is 5.26 Å². The number of hydrogen-bond acceptors (Lipinski definition) is 4. The van der Waals surface area contributed by atoms with E-state index in [0.717, 1.165) is 0 Å². The van der Waals surface area contributed by atoms with Gasteiger partial charge in [-0.15, -0.1) is 0 Å². The second-order valence-electron chi connectivity index (χ2n) is 5.90. The highest BCUT2D eigenvalue weighted by Gasteiger charge is 2.42. The van der Waals surface area contributed by atoms with E-state index < -0.39 is 11.0 Å². The minimum Gasteiger partial charge on any atom is -0.383 e. The van der Waals surface area contributed by atoms with Gasteiger partial charge in [0.1, 0.15) is 18.3 Å². The number of aliphatic hydroxyl groups is 1. The topological polar surface area (TPSA) is 74.7 Å². The molecule has 0 spiro atoms. The Morgan fingerprint density at radius 1 is 1.35 bits per heavy atom. The fraction of sp³-hybridized carbons (Fsp3) is 0.400. The lowest BCUT2D eigenvalue weighted by atomic mass is 9.72. The summed E-state index contributed by atoms with van der Waals surface area (Å²) in [5.41, 5.74) is -0.330. The van der Waals surface area contributed by atoms with E-state index in [9.17, 15) is 5.11 Å². The molecule has 2 aromatic rings. The highest BCUT2D eigenvalue weighted by atomic mass is 16.3. The fourth-order valence-electron chi connectivity index (χ4n) is 2.16. The smallest absolute Gasteiger partial charge is 0.137 e. The van der Waals surface area contributed by atoms with Crippen molar-refractivity contribution in [1.82, 2.24) is 14.8 Å². The Kier molecular flexibility index (Phi) is 3.60. The molecule has 0 saturated heterocycles. The number of nitrogens with zero attached hydrogens (tertiary/aromatic N) is 4. The highest BCUT2D eigenvalue weighted by molar-refractivity contribution is 5.36. The summed E-state index contributed by atoms with van der Waals surface area (Å²) in [5, 5.41) is 24.3. The minimum absolute atomic E-state index is 0.283. The van der Waals surface area contributed by atoms with Crippen molar-refractivity contribution in [3.8, 4) is 6.07 Å². The van der Waals surface area contributed by atoms with Gasteiger partial charge in [0.25, 0.3) is 0 Å². The third-order valence-electron chi connectivity index (χ3n) is 3.57. The molecule has 5 nitrogen and oxygen atoms in total. The van der Waals surface area contributed by atoms with Gasteiger partial charge in [0, 0.05) is 0 Å². The van der Waals surface area contributed by atoms with E-state index in [-0.39, 0.29) is 6.54 Å². The summed E-state index contributed by atoms with van der Waals surface area (Å²) in [6.07, 6.45) is 3.01. The van der Waals surface area contributed by atoms with Crippen LogP contribution in [0.5, 0.6) is 0 Å². The van der Waals surface area contributed by atoms with Gasteiger partial charge in [-0.2, -0.15) is 10.4 Å². The van der Waals surface area contributed by atoms with E-state index in [4.69, 9.17) is 5.26 Å². The summed E-state index contributed by atoms with van der Waals surface area (Å²) in [7, 11) is 0. The molecule has 2 rings (SSSR count). The second kappa shape index (κ2) is 5.06. The number of aromatic nitrogens is 3. The highest BCUT2D eigenvalue weighted by Crippen LogP contribution is 2.40. The summed E-state index contributed by atoms with van der Waals surface area (Å²) in [6.45, 7) is 6.17. The monoisotopic (exact) mass is 270 g/mol. The molecule has 20 heavy (non-hydrogen) atoms. The van der Waals surface area contributed by atoms with Gasteiger partial charge in [0.15, 0.2) is 0 Å².